The van der Waals surface area contributed by atoms with Crippen LogP contribution in [0.2, 0.25) is 0 Å². The normalized spacial score (nSPS) is 14.2. The second-order valence-corrected chi connectivity index (χ2v) is 6.57. The smallest absolute Gasteiger partial charge is 0.251 e. The molecule has 1 aliphatic rings. The van der Waals surface area contributed by atoms with Crippen molar-refractivity contribution in [3.05, 3.63) is 47.3 Å². The maximum Gasteiger partial charge on any atom is 0.251 e. The van der Waals surface area contributed by atoms with Crippen LogP contribution in [-0.4, -0.2) is 10.5 Å². The second kappa shape index (κ2) is 6.61. The number of hydrogen-bond acceptors (Lipinski definition) is 1. The molecule has 0 bridgehead atoms. The van der Waals surface area contributed by atoms with E-state index in [1.807, 2.05) is 25.1 Å². The summed E-state index contributed by atoms with van der Waals surface area (Å²) in [5.41, 5.74) is 11.0. The van der Waals surface area contributed by atoms with Crippen LogP contribution >= 0.6 is 0 Å². The minimum atomic E-state index is -0.308. The Balaban J connectivity index is 2.16. The third kappa shape index (κ3) is 3.05. The van der Waals surface area contributed by atoms with E-state index in [0.717, 1.165) is 35.2 Å². The molecule has 1 aromatic heterocycles. The molecule has 0 saturated heterocycles. The zero-order chi connectivity index (χ0) is 16.4. The van der Waals surface area contributed by atoms with Crippen LogP contribution in [-0.2, 0) is 6.42 Å². The van der Waals surface area contributed by atoms with Crippen LogP contribution in [0.15, 0.2) is 30.3 Å². The Morgan fingerprint density at radius 2 is 1.91 bits per heavy atom. The van der Waals surface area contributed by atoms with Crippen LogP contribution in [0.4, 0.5) is 0 Å². The zero-order valence-corrected chi connectivity index (χ0v) is 14.1. The highest BCUT2D eigenvalue weighted by atomic mass is 16.1. The lowest BCUT2D eigenvalue weighted by molar-refractivity contribution is 0.1000. The quantitative estimate of drug-likeness (QED) is 0.745. The standard InChI is InChI=1S/C20H26N2O/c1-3-4-6-11-17-19(15-9-7-5-8-10-15)18(20(21)23)14(2)22(17)16-12-13-16/h5,7-10,16H,3-4,6,11-13H2,1-2H3,(H2,21,23). The summed E-state index contributed by atoms with van der Waals surface area (Å²) in [6.45, 7) is 4.27. The number of benzene rings is 1. The van der Waals surface area contributed by atoms with Crippen molar-refractivity contribution in [2.45, 2.75) is 58.4 Å². The molecule has 1 saturated carbocycles. The fraction of sp³-hybridized carbons (Fsp3) is 0.450. The van der Waals surface area contributed by atoms with Crippen molar-refractivity contribution in [3.63, 3.8) is 0 Å². The third-order valence-corrected chi connectivity index (χ3v) is 4.79. The summed E-state index contributed by atoms with van der Waals surface area (Å²) in [7, 11) is 0. The molecule has 3 rings (SSSR count). The molecule has 0 unspecified atom stereocenters. The SMILES string of the molecule is CCCCCc1c(-c2ccccc2)c(C(N)=O)c(C)n1C1CC1. The van der Waals surface area contributed by atoms with Crippen molar-refractivity contribution in [2.75, 3.05) is 0 Å². The first-order valence-electron chi connectivity index (χ1n) is 8.74. The first kappa shape index (κ1) is 15.9. The minimum Gasteiger partial charge on any atom is -0.366 e. The zero-order valence-electron chi connectivity index (χ0n) is 14.1. The Morgan fingerprint density at radius 1 is 1.22 bits per heavy atom. The molecule has 3 nitrogen and oxygen atoms in total. The van der Waals surface area contributed by atoms with E-state index < -0.39 is 0 Å². The largest absolute Gasteiger partial charge is 0.366 e. The lowest BCUT2D eigenvalue weighted by Gasteiger charge is -2.12. The molecule has 1 amide bonds. The molecule has 1 aromatic carbocycles. The van der Waals surface area contributed by atoms with Gasteiger partial charge in [-0.25, -0.2) is 0 Å². The summed E-state index contributed by atoms with van der Waals surface area (Å²) in [4.78, 5) is 12.2. The highest BCUT2D eigenvalue weighted by molar-refractivity contribution is 6.02. The Kier molecular flexibility index (Phi) is 4.56. The van der Waals surface area contributed by atoms with Crippen molar-refractivity contribution in [1.82, 2.24) is 4.57 Å². The number of carbonyl (C=O) groups is 1. The van der Waals surface area contributed by atoms with Gasteiger partial charge in [0.15, 0.2) is 0 Å². The minimum absolute atomic E-state index is 0.308. The molecule has 1 aliphatic carbocycles. The van der Waals surface area contributed by atoms with Gasteiger partial charge in [-0.2, -0.15) is 0 Å². The molecule has 1 fully saturated rings. The van der Waals surface area contributed by atoms with E-state index in [0.29, 0.717) is 6.04 Å². The monoisotopic (exact) mass is 310 g/mol. The number of carbonyl (C=O) groups excluding carboxylic acids is 1. The van der Waals surface area contributed by atoms with Gasteiger partial charge in [0.2, 0.25) is 0 Å². The van der Waals surface area contributed by atoms with Gasteiger partial charge >= 0.3 is 0 Å². The topological polar surface area (TPSA) is 48.0 Å². The van der Waals surface area contributed by atoms with Crippen LogP contribution in [0.3, 0.4) is 0 Å². The summed E-state index contributed by atoms with van der Waals surface area (Å²) in [6.07, 6.45) is 7.01. The maximum absolute atomic E-state index is 12.2. The molecule has 23 heavy (non-hydrogen) atoms. The lowest BCUT2D eigenvalue weighted by Crippen LogP contribution is -2.13. The lowest BCUT2D eigenvalue weighted by atomic mass is 9.97. The van der Waals surface area contributed by atoms with Gasteiger partial charge in [-0.15, -0.1) is 0 Å². The summed E-state index contributed by atoms with van der Waals surface area (Å²) >= 11 is 0. The highest BCUT2D eigenvalue weighted by Gasteiger charge is 2.32. The predicted molar refractivity (Wildman–Crippen MR) is 94.6 cm³/mol. The number of primary amides is 1. The van der Waals surface area contributed by atoms with E-state index in [-0.39, 0.29) is 5.91 Å². The van der Waals surface area contributed by atoms with E-state index in [1.54, 1.807) is 0 Å². The van der Waals surface area contributed by atoms with Crippen molar-refractivity contribution in [2.24, 2.45) is 5.73 Å². The molecule has 0 radical (unpaired) electrons. The van der Waals surface area contributed by atoms with Gasteiger partial charge in [-0.1, -0.05) is 50.1 Å². The van der Waals surface area contributed by atoms with Crippen LogP contribution in [0.25, 0.3) is 11.1 Å². The average Bonchev–Trinajstić information content (AvgIpc) is 3.32. The van der Waals surface area contributed by atoms with Crippen LogP contribution < -0.4 is 5.73 Å². The van der Waals surface area contributed by atoms with E-state index in [9.17, 15) is 4.79 Å². The molecule has 3 heteroatoms. The van der Waals surface area contributed by atoms with Crippen molar-refractivity contribution in [1.29, 1.82) is 0 Å². The third-order valence-electron chi connectivity index (χ3n) is 4.79. The number of nitrogens with two attached hydrogens (primary N) is 1. The van der Waals surface area contributed by atoms with Crippen molar-refractivity contribution < 1.29 is 4.79 Å². The predicted octanol–water partition coefficient (Wildman–Crippen LogP) is 4.63. The average molecular weight is 310 g/mol. The number of hydrogen-bond donors (Lipinski definition) is 1. The van der Waals surface area contributed by atoms with Crippen LogP contribution in [0.1, 0.15) is 66.8 Å². The van der Waals surface area contributed by atoms with Crippen LogP contribution in [0.5, 0.6) is 0 Å². The van der Waals surface area contributed by atoms with E-state index in [4.69, 9.17) is 5.73 Å². The number of rotatable bonds is 7. The number of unbranched alkanes of at least 4 members (excludes halogenated alkanes) is 2. The first-order valence-corrected chi connectivity index (χ1v) is 8.74. The van der Waals surface area contributed by atoms with Gasteiger partial charge in [0.1, 0.15) is 0 Å². The number of amides is 1. The maximum atomic E-state index is 12.2. The fourth-order valence-corrected chi connectivity index (χ4v) is 3.60. The van der Waals surface area contributed by atoms with Crippen LogP contribution in [0, 0.1) is 6.92 Å². The molecule has 0 spiro atoms. The Labute approximate surface area is 138 Å². The Bertz CT molecular complexity index is 696. The molecule has 2 N–H and O–H groups in total. The van der Waals surface area contributed by atoms with Gasteiger partial charge in [0, 0.05) is 23.0 Å². The molecule has 2 aromatic rings. The summed E-state index contributed by atoms with van der Waals surface area (Å²) in [6, 6.07) is 10.8. The van der Waals surface area contributed by atoms with Crippen molar-refractivity contribution >= 4 is 5.91 Å². The molecular formula is C20H26N2O. The van der Waals surface area contributed by atoms with Crippen molar-refractivity contribution in [3.8, 4) is 11.1 Å². The fourth-order valence-electron chi connectivity index (χ4n) is 3.60. The van der Waals surface area contributed by atoms with E-state index >= 15 is 0 Å². The molecular weight excluding hydrogens is 284 g/mol. The summed E-state index contributed by atoms with van der Waals surface area (Å²) < 4.78 is 2.40. The Hall–Kier alpha value is -2.03. The Morgan fingerprint density at radius 3 is 2.48 bits per heavy atom. The van der Waals surface area contributed by atoms with E-state index in [2.05, 4.69) is 23.6 Å². The highest BCUT2D eigenvalue weighted by Crippen LogP contribution is 2.43. The number of aromatic nitrogens is 1. The molecule has 122 valence electrons. The molecule has 0 atom stereocenters. The molecule has 0 aliphatic heterocycles. The second-order valence-electron chi connectivity index (χ2n) is 6.57. The molecule has 1 heterocycles. The number of nitrogens with zero attached hydrogens (tertiary/aromatic N) is 1. The van der Waals surface area contributed by atoms with Gasteiger partial charge in [0.05, 0.1) is 5.56 Å². The van der Waals surface area contributed by atoms with Gasteiger partial charge in [-0.05, 0) is 38.2 Å². The van der Waals surface area contributed by atoms with Gasteiger partial charge in [0.25, 0.3) is 5.91 Å². The van der Waals surface area contributed by atoms with Gasteiger partial charge < -0.3 is 10.3 Å². The van der Waals surface area contributed by atoms with Gasteiger partial charge in [-0.3, -0.25) is 4.79 Å². The van der Waals surface area contributed by atoms with E-state index in [1.165, 1.54) is 31.4 Å². The first-order chi connectivity index (χ1) is 11.1. The summed E-state index contributed by atoms with van der Waals surface area (Å²) in [5.74, 6) is -0.308. The summed E-state index contributed by atoms with van der Waals surface area (Å²) in [5, 5.41) is 0.